The number of aliphatic imine (C=N–C) groups is 1. The standard InChI is InChI=1S/C25H22N4O3/c1-16-21(13-26)24(30)29(11-10-17-14-28-23-9-4-3-8-20(17)23)25(31)22(16)15-27-18-6-5-7-19(12-18)32-2/h3-9,12,14-15,28,31H,10-11H2,1-2H3. The van der Waals surface area contributed by atoms with E-state index in [1.165, 1.54) is 10.8 Å². The Morgan fingerprint density at radius 2 is 2.06 bits per heavy atom. The lowest BCUT2D eigenvalue weighted by Crippen LogP contribution is -2.26. The Bertz CT molecular complexity index is 1420. The SMILES string of the molecule is COc1cccc(N=Cc2c(C)c(C#N)c(=O)n(CCc3c[nH]c4ccccc34)c2O)c1. The van der Waals surface area contributed by atoms with Gasteiger partial charge < -0.3 is 14.8 Å². The number of ether oxygens (including phenoxy) is 1. The normalized spacial score (nSPS) is 11.2. The van der Waals surface area contributed by atoms with Crippen molar-refractivity contribution in [2.45, 2.75) is 19.9 Å². The Morgan fingerprint density at radius 3 is 2.84 bits per heavy atom. The van der Waals surface area contributed by atoms with Crippen molar-refractivity contribution in [3.63, 3.8) is 0 Å². The maximum atomic E-state index is 12.9. The van der Waals surface area contributed by atoms with Gasteiger partial charge in [0.15, 0.2) is 0 Å². The molecule has 0 spiro atoms. The number of nitrogens with one attached hydrogen (secondary N) is 1. The first-order valence-corrected chi connectivity index (χ1v) is 10.1. The van der Waals surface area contributed by atoms with Gasteiger partial charge in [0.2, 0.25) is 5.88 Å². The van der Waals surface area contributed by atoms with Crippen LogP contribution in [0.2, 0.25) is 0 Å². The van der Waals surface area contributed by atoms with Gasteiger partial charge in [0.1, 0.15) is 17.4 Å². The number of aromatic nitrogens is 2. The van der Waals surface area contributed by atoms with E-state index in [0.717, 1.165) is 16.5 Å². The van der Waals surface area contributed by atoms with E-state index in [2.05, 4.69) is 9.98 Å². The number of aryl methyl sites for hydroxylation is 1. The molecule has 0 saturated heterocycles. The van der Waals surface area contributed by atoms with Crippen molar-refractivity contribution < 1.29 is 9.84 Å². The van der Waals surface area contributed by atoms with E-state index in [1.807, 2.05) is 36.5 Å². The minimum Gasteiger partial charge on any atom is -0.497 e. The van der Waals surface area contributed by atoms with Crippen LogP contribution < -0.4 is 10.3 Å². The number of rotatable bonds is 6. The molecule has 0 radical (unpaired) electrons. The smallest absolute Gasteiger partial charge is 0.271 e. The number of hydrogen-bond acceptors (Lipinski definition) is 5. The molecule has 2 N–H and O–H groups in total. The lowest BCUT2D eigenvalue weighted by molar-refractivity contribution is 0.404. The molecule has 0 amide bonds. The van der Waals surface area contributed by atoms with Crippen molar-refractivity contribution in [2.75, 3.05) is 7.11 Å². The molecule has 2 aromatic heterocycles. The topological polar surface area (TPSA) is 103 Å². The van der Waals surface area contributed by atoms with Crippen molar-refractivity contribution in [1.82, 2.24) is 9.55 Å². The highest BCUT2D eigenvalue weighted by Crippen LogP contribution is 2.24. The van der Waals surface area contributed by atoms with Crippen LogP contribution in [0.15, 0.2) is 64.5 Å². The first-order chi connectivity index (χ1) is 15.5. The zero-order chi connectivity index (χ0) is 22.7. The Kier molecular flexibility index (Phi) is 5.77. The van der Waals surface area contributed by atoms with Crippen LogP contribution in [0.5, 0.6) is 11.6 Å². The maximum absolute atomic E-state index is 12.9. The number of H-pyrrole nitrogens is 1. The van der Waals surface area contributed by atoms with Crippen molar-refractivity contribution in [3.8, 4) is 17.7 Å². The molecule has 0 fully saturated rings. The monoisotopic (exact) mass is 426 g/mol. The highest BCUT2D eigenvalue weighted by atomic mass is 16.5. The van der Waals surface area contributed by atoms with Crippen molar-refractivity contribution in [1.29, 1.82) is 5.26 Å². The third-order valence-corrected chi connectivity index (χ3v) is 5.52. The van der Waals surface area contributed by atoms with E-state index in [0.29, 0.717) is 29.0 Å². The summed E-state index contributed by atoms with van der Waals surface area (Å²) in [5.74, 6) is 0.444. The second kappa shape index (κ2) is 8.82. The summed E-state index contributed by atoms with van der Waals surface area (Å²) in [5.41, 5.74) is 2.87. The van der Waals surface area contributed by atoms with E-state index in [9.17, 15) is 15.2 Å². The summed E-state index contributed by atoms with van der Waals surface area (Å²) in [4.78, 5) is 20.5. The van der Waals surface area contributed by atoms with Crippen molar-refractivity contribution >= 4 is 22.8 Å². The summed E-state index contributed by atoms with van der Waals surface area (Å²) in [7, 11) is 1.57. The number of para-hydroxylation sites is 1. The molecule has 0 saturated carbocycles. The fourth-order valence-corrected chi connectivity index (χ4v) is 3.73. The summed E-state index contributed by atoms with van der Waals surface area (Å²) in [6.07, 6.45) is 3.89. The van der Waals surface area contributed by atoms with Crippen LogP contribution in [-0.4, -0.2) is 28.0 Å². The first-order valence-electron chi connectivity index (χ1n) is 10.1. The predicted molar refractivity (Wildman–Crippen MR) is 124 cm³/mol. The van der Waals surface area contributed by atoms with E-state index < -0.39 is 5.56 Å². The predicted octanol–water partition coefficient (Wildman–Crippen LogP) is 4.22. The Hall–Kier alpha value is -4.31. The van der Waals surface area contributed by atoms with Crippen molar-refractivity contribution in [3.05, 3.63) is 87.3 Å². The van der Waals surface area contributed by atoms with Gasteiger partial charge in [-0.2, -0.15) is 5.26 Å². The maximum Gasteiger partial charge on any atom is 0.271 e. The number of pyridine rings is 1. The van der Waals surface area contributed by atoms with E-state index >= 15 is 0 Å². The summed E-state index contributed by atoms with van der Waals surface area (Å²) >= 11 is 0. The molecule has 0 unspecified atom stereocenters. The number of methoxy groups -OCH3 is 1. The number of aromatic amines is 1. The summed E-state index contributed by atoms with van der Waals surface area (Å²) < 4.78 is 6.45. The van der Waals surface area contributed by atoms with Crippen LogP contribution in [0.1, 0.15) is 22.3 Å². The lowest BCUT2D eigenvalue weighted by atomic mass is 10.1. The lowest BCUT2D eigenvalue weighted by Gasteiger charge is -2.14. The molecule has 0 aliphatic heterocycles. The second-order valence-corrected chi connectivity index (χ2v) is 7.38. The van der Waals surface area contributed by atoms with E-state index in [-0.39, 0.29) is 18.0 Å². The number of nitrogens with zero attached hydrogens (tertiary/aromatic N) is 3. The fourth-order valence-electron chi connectivity index (χ4n) is 3.73. The molecular formula is C25H22N4O3. The minimum absolute atomic E-state index is 0.00572. The van der Waals surface area contributed by atoms with Gasteiger partial charge in [0, 0.05) is 35.9 Å². The van der Waals surface area contributed by atoms with Gasteiger partial charge in [-0.25, -0.2) is 0 Å². The fraction of sp³-hybridized carbons (Fsp3) is 0.160. The van der Waals surface area contributed by atoms with Gasteiger partial charge in [-0.3, -0.25) is 14.4 Å². The molecule has 0 bridgehead atoms. The van der Waals surface area contributed by atoms with Gasteiger partial charge >= 0.3 is 0 Å². The van der Waals surface area contributed by atoms with Crippen LogP contribution in [0.3, 0.4) is 0 Å². The third kappa shape index (κ3) is 3.86. The van der Waals surface area contributed by atoms with Gasteiger partial charge in [0.25, 0.3) is 5.56 Å². The summed E-state index contributed by atoms with van der Waals surface area (Å²) in [6, 6.07) is 17.0. The molecule has 7 heteroatoms. The van der Waals surface area contributed by atoms with Gasteiger partial charge in [-0.1, -0.05) is 24.3 Å². The van der Waals surface area contributed by atoms with Gasteiger partial charge in [-0.05, 0) is 42.7 Å². The average Bonchev–Trinajstić information content (AvgIpc) is 3.22. The Morgan fingerprint density at radius 1 is 1.25 bits per heavy atom. The molecule has 0 atom stereocenters. The third-order valence-electron chi connectivity index (χ3n) is 5.52. The molecule has 2 heterocycles. The number of hydrogen-bond donors (Lipinski definition) is 2. The van der Waals surface area contributed by atoms with Gasteiger partial charge in [-0.15, -0.1) is 0 Å². The second-order valence-electron chi connectivity index (χ2n) is 7.38. The average molecular weight is 426 g/mol. The van der Waals surface area contributed by atoms with Gasteiger partial charge in [0.05, 0.1) is 18.4 Å². The number of fused-ring (bicyclic) bond motifs is 1. The summed E-state index contributed by atoms with van der Waals surface area (Å²) in [6.45, 7) is 1.86. The molecule has 0 aliphatic carbocycles. The zero-order valence-electron chi connectivity index (χ0n) is 17.8. The molecule has 0 aliphatic rings. The highest BCUT2D eigenvalue weighted by Gasteiger charge is 2.18. The van der Waals surface area contributed by atoms with Crippen LogP contribution in [0, 0.1) is 18.3 Å². The largest absolute Gasteiger partial charge is 0.497 e. The Balaban J connectivity index is 1.72. The van der Waals surface area contributed by atoms with Crippen LogP contribution in [0.4, 0.5) is 5.69 Å². The molecule has 4 rings (SSSR count). The summed E-state index contributed by atoms with van der Waals surface area (Å²) in [5, 5.41) is 21.6. The molecule has 4 aromatic rings. The van der Waals surface area contributed by atoms with Crippen molar-refractivity contribution in [2.24, 2.45) is 4.99 Å². The quantitative estimate of drug-likeness (QED) is 0.451. The minimum atomic E-state index is -0.513. The number of nitriles is 1. The molecule has 32 heavy (non-hydrogen) atoms. The molecular weight excluding hydrogens is 404 g/mol. The van der Waals surface area contributed by atoms with Crippen LogP contribution in [-0.2, 0) is 13.0 Å². The molecule has 7 nitrogen and oxygen atoms in total. The van der Waals surface area contributed by atoms with Crippen LogP contribution in [0.25, 0.3) is 10.9 Å². The Labute approximate surface area is 184 Å². The molecule has 2 aromatic carbocycles. The number of aromatic hydroxyl groups is 1. The number of benzene rings is 2. The molecule has 160 valence electrons. The van der Waals surface area contributed by atoms with E-state index in [4.69, 9.17) is 4.74 Å². The van der Waals surface area contributed by atoms with Crippen LogP contribution >= 0.6 is 0 Å². The first kappa shape index (κ1) is 20.9. The van der Waals surface area contributed by atoms with E-state index in [1.54, 1.807) is 38.3 Å². The highest BCUT2D eigenvalue weighted by molar-refractivity contribution is 5.87. The zero-order valence-corrected chi connectivity index (χ0v) is 17.8.